The van der Waals surface area contributed by atoms with Gasteiger partial charge in [0.1, 0.15) is 11.4 Å². The highest BCUT2D eigenvalue weighted by Gasteiger charge is 2.41. The first-order chi connectivity index (χ1) is 16.2. The fraction of sp³-hybridized carbons (Fsp3) is 0.500. The summed E-state index contributed by atoms with van der Waals surface area (Å²) in [7, 11) is 0. The summed E-state index contributed by atoms with van der Waals surface area (Å²) in [5.74, 6) is -1.96. The molecular weight excluding hydrogens is 460 g/mol. The molecule has 1 unspecified atom stereocenters. The Morgan fingerprint density at radius 2 is 1.83 bits per heavy atom. The first-order valence-corrected chi connectivity index (χ1v) is 11.3. The quantitative estimate of drug-likeness (QED) is 0.669. The Kier molecular flexibility index (Phi) is 7.59. The van der Waals surface area contributed by atoms with E-state index in [9.17, 15) is 18.4 Å². The predicted molar refractivity (Wildman–Crippen MR) is 125 cm³/mol. The molecular formula is C24H31F2N5O4. The van der Waals surface area contributed by atoms with Crippen LogP contribution < -0.4 is 10.1 Å². The summed E-state index contributed by atoms with van der Waals surface area (Å²) in [5, 5.41) is 2.71. The van der Waals surface area contributed by atoms with Crippen LogP contribution in [-0.4, -0.2) is 68.6 Å². The van der Waals surface area contributed by atoms with Crippen LogP contribution >= 0.6 is 0 Å². The van der Waals surface area contributed by atoms with Crippen LogP contribution in [0.5, 0.6) is 11.6 Å². The minimum atomic E-state index is -1.04. The number of hydrogen-bond acceptors (Lipinski definition) is 7. The van der Waals surface area contributed by atoms with Crippen molar-refractivity contribution in [3.63, 3.8) is 0 Å². The normalized spacial score (nSPS) is 17.0. The smallest absolute Gasteiger partial charge is 0.410 e. The minimum Gasteiger partial charge on any atom is -0.444 e. The van der Waals surface area contributed by atoms with Crippen LogP contribution in [0.1, 0.15) is 41.5 Å². The number of hydrogen-bond donors (Lipinski definition) is 1. The summed E-state index contributed by atoms with van der Waals surface area (Å²) in [5.41, 5.74) is -1.12. The van der Waals surface area contributed by atoms with Crippen molar-refractivity contribution in [1.82, 2.24) is 19.8 Å². The molecule has 1 aliphatic rings. The third kappa shape index (κ3) is 6.84. The van der Waals surface area contributed by atoms with Gasteiger partial charge >= 0.3 is 6.09 Å². The van der Waals surface area contributed by atoms with Crippen molar-refractivity contribution >= 4 is 17.8 Å². The zero-order chi connectivity index (χ0) is 26.0. The summed E-state index contributed by atoms with van der Waals surface area (Å²) >= 11 is 0. The molecule has 190 valence electrons. The van der Waals surface area contributed by atoms with Crippen LogP contribution in [-0.2, 0) is 9.53 Å². The first-order valence-electron chi connectivity index (χ1n) is 11.3. The summed E-state index contributed by atoms with van der Waals surface area (Å²) in [6, 6.07) is 2.62. The molecule has 2 heterocycles. The van der Waals surface area contributed by atoms with Crippen molar-refractivity contribution in [2.75, 3.05) is 25.0 Å². The van der Waals surface area contributed by atoms with E-state index in [0.29, 0.717) is 19.6 Å². The average Bonchev–Trinajstić information content (AvgIpc) is 2.75. The minimum absolute atomic E-state index is 0.0575. The van der Waals surface area contributed by atoms with E-state index in [-0.39, 0.29) is 29.4 Å². The van der Waals surface area contributed by atoms with E-state index in [1.54, 1.807) is 11.8 Å². The molecule has 2 amide bonds. The number of aromatic nitrogens is 2. The lowest BCUT2D eigenvalue weighted by molar-refractivity contribution is -0.122. The van der Waals surface area contributed by atoms with Crippen molar-refractivity contribution in [2.24, 2.45) is 0 Å². The third-order valence-corrected chi connectivity index (χ3v) is 5.47. The number of carbonyl (C=O) groups excluding carboxylic acids is 2. The van der Waals surface area contributed by atoms with Gasteiger partial charge in [0.05, 0.1) is 24.0 Å². The molecule has 1 aliphatic heterocycles. The molecule has 0 spiro atoms. The number of rotatable bonds is 5. The van der Waals surface area contributed by atoms with E-state index in [0.717, 1.165) is 12.1 Å². The van der Waals surface area contributed by atoms with Gasteiger partial charge in [0.15, 0.2) is 17.5 Å². The summed E-state index contributed by atoms with van der Waals surface area (Å²) in [4.78, 5) is 37.3. The van der Waals surface area contributed by atoms with Gasteiger partial charge in [-0.15, -0.1) is 0 Å². The van der Waals surface area contributed by atoms with Crippen LogP contribution in [0.2, 0.25) is 0 Å². The molecule has 1 atom stereocenters. The zero-order valence-corrected chi connectivity index (χ0v) is 20.8. The number of nitrogens with one attached hydrogen (secondary N) is 1. The van der Waals surface area contributed by atoms with Gasteiger partial charge in [-0.25, -0.2) is 23.5 Å². The van der Waals surface area contributed by atoms with Crippen LogP contribution in [0.4, 0.5) is 19.4 Å². The Bertz CT molecular complexity index is 1070. The van der Waals surface area contributed by atoms with E-state index in [1.165, 1.54) is 18.5 Å². The molecule has 1 aromatic heterocycles. The van der Waals surface area contributed by atoms with Gasteiger partial charge in [0, 0.05) is 25.7 Å². The van der Waals surface area contributed by atoms with Crippen LogP contribution in [0.25, 0.3) is 0 Å². The maximum absolute atomic E-state index is 13.3. The Labute approximate surface area is 203 Å². The number of amides is 2. The largest absolute Gasteiger partial charge is 0.444 e. The molecule has 11 heteroatoms. The lowest BCUT2D eigenvalue weighted by Gasteiger charge is -2.48. The lowest BCUT2D eigenvalue weighted by atomic mass is 9.98. The average molecular weight is 492 g/mol. The van der Waals surface area contributed by atoms with Gasteiger partial charge in [-0.3, -0.25) is 9.69 Å². The molecule has 35 heavy (non-hydrogen) atoms. The van der Waals surface area contributed by atoms with Crippen LogP contribution in [0, 0.1) is 11.6 Å². The molecule has 1 fully saturated rings. The second-order valence-corrected chi connectivity index (χ2v) is 10.00. The standard InChI is InChI=1S/C24H31F2N5O4/c1-15(30-9-10-31(24(5,6)14-30)22(33)35-23(2,3)4)21(32)29-19-12-28-20(13-27-19)34-16-7-8-17(25)18(26)11-16/h7-8,11-13,15H,9-10,14H2,1-6H3,(H,27,29,32). The Balaban J connectivity index is 1.57. The number of halogens is 2. The van der Waals surface area contributed by atoms with Crippen molar-refractivity contribution < 1.29 is 27.8 Å². The maximum atomic E-state index is 13.3. The molecule has 0 saturated carbocycles. The molecule has 1 N–H and O–H groups in total. The number of anilines is 1. The number of piperazine rings is 1. The fourth-order valence-electron chi connectivity index (χ4n) is 3.67. The topological polar surface area (TPSA) is 96.9 Å². The van der Waals surface area contributed by atoms with Crippen molar-refractivity contribution in [3.8, 4) is 11.6 Å². The molecule has 9 nitrogen and oxygen atoms in total. The number of benzene rings is 1. The van der Waals surface area contributed by atoms with Gasteiger partial charge in [-0.05, 0) is 53.7 Å². The van der Waals surface area contributed by atoms with E-state index >= 15 is 0 Å². The molecule has 0 radical (unpaired) electrons. The Morgan fingerprint density at radius 1 is 1.11 bits per heavy atom. The Morgan fingerprint density at radius 3 is 2.40 bits per heavy atom. The van der Waals surface area contributed by atoms with Gasteiger partial charge in [-0.2, -0.15) is 0 Å². The van der Waals surface area contributed by atoms with Gasteiger partial charge in [-0.1, -0.05) is 0 Å². The van der Waals surface area contributed by atoms with Gasteiger partial charge in [0.2, 0.25) is 11.8 Å². The van der Waals surface area contributed by atoms with E-state index in [2.05, 4.69) is 15.3 Å². The van der Waals surface area contributed by atoms with Gasteiger partial charge in [0.25, 0.3) is 0 Å². The van der Waals surface area contributed by atoms with Crippen molar-refractivity contribution in [3.05, 3.63) is 42.2 Å². The van der Waals surface area contributed by atoms with Crippen LogP contribution in [0.15, 0.2) is 30.6 Å². The summed E-state index contributed by atoms with van der Waals surface area (Å²) in [6.07, 6.45) is 2.20. The van der Waals surface area contributed by atoms with E-state index < -0.39 is 28.8 Å². The van der Waals surface area contributed by atoms with Crippen molar-refractivity contribution in [2.45, 2.75) is 58.7 Å². The first kappa shape index (κ1) is 26.3. The van der Waals surface area contributed by atoms with E-state index in [4.69, 9.17) is 9.47 Å². The molecule has 0 bridgehead atoms. The Hall–Kier alpha value is -3.34. The summed E-state index contributed by atoms with van der Waals surface area (Å²) < 4.78 is 37.2. The third-order valence-electron chi connectivity index (χ3n) is 5.47. The van der Waals surface area contributed by atoms with Gasteiger partial charge < -0.3 is 19.7 Å². The molecule has 2 aromatic rings. The summed E-state index contributed by atoms with van der Waals surface area (Å²) in [6.45, 7) is 12.5. The number of carbonyl (C=O) groups is 2. The SMILES string of the molecule is CC(C(=O)Nc1cnc(Oc2ccc(F)c(F)c2)cn1)N1CCN(C(=O)OC(C)(C)C)C(C)(C)C1. The zero-order valence-electron chi connectivity index (χ0n) is 20.8. The fourth-order valence-corrected chi connectivity index (χ4v) is 3.67. The number of ether oxygens (including phenoxy) is 2. The molecule has 3 rings (SSSR count). The molecule has 1 saturated heterocycles. The monoisotopic (exact) mass is 491 g/mol. The molecule has 1 aromatic carbocycles. The second kappa shape index (κ2) is 10.1. The highest BCUT2D eigenvalue weighted by Crippen LogP contribution is 2.26. The van der Waals surface area contributed by atoms with Crippen molar-refractivity contribution in [1.29, 1.82) is 0 Å². The predicted octanol–water partition coefficient (Wildman–Crippen LogP) is 4.21. The highest BCUT2D eigenvalue weighted by atomic mass is 19.2. The molecule has 0 aliphatic carbocycles. The maximum Gasteiger partial charge on any atom is 0.410 e. The van der Waals surface area contributed by atoms with E-state index in [1.807, 2.05) is 39.5 Å². The highest BCUT2D eigenvalue weighted by molar-refractivity contribution is 5.93. The second-order valence-electron chi connectivity index (χ2n) is 10.00. The lowest BCUT2D eigenvalue weighted by Crippen LogP contribution is -2.64. The van der Waals surface area contributed by atoms with Crippen LogP contribution in [0.3, 0.4) is 0 Å². The number of nitrogens with zero attached hydrogens (tertiary/aromatic N) is 4.